The third-order valence-corrected chi connectivity index (χ3v) is 3.66. The maximum atomic E-state index is 9.78. The maximum absolute atomic E-state index is 9.78. The molecule has 0 saturated carbocycles. The zero-order chi connectivity index (χ0) is 14.6. The van der Waals surface area contributed by atoms with Gasteiger partial charge in [-0.25, -0.2) is 9.98 Å². The minimum Gasteiger partial charge on any atom is -0.508 e. The van der Waals surface area contributed by atoms with E-state index in [0.717, 1.165) is 0 Å². The number of rotatable bonds is 0. The first-order valence-electron chi connectivity index (χ1n) is 6.34. The molecule has 0 aliphatic carbocycles. The van der Waals surface area contributed by atoms with Gasteiger partial charge >= 0.3 is 0 Å². The van der Waals surface area contributed by atoms with Crippen molar-refractivity contribution in [3.05, 3.63) is 41.6 Å². The van der Waals surface area contributed by atoms with Gasteiger partial charge < -0.3 is 20.3 Å². The second kappa shape index (κ2) is 3.91. The Morgan fingerprint density at radius 2 is 2.14 bits per heavy atom. The fourth-order valence-electron chi connectivity index (χ4n) is 2.73. The Hall–Kier alpha value is -2.70. The quantitative estimate of drug-likeness (QED) is 0.676. The number of fused-ring (bicyclic) bond motifs is 4. The Morgan fingerprint density at radius 1 is 1.29 bits per heavy atom. The molecule has 0 fully saturated rings. The van der Waals surface area contributed by atoms with Crippen molar-refractivity contribution in [2.75, 3.05) is 6.61 Å². The number of amidine groups is 1. The molecule has 102 valence electrons. The number of aliphatic imine (C=N–C) groups is 1. The summed E-state index contributed by atoms with van der Waals surface area (Å²) in [5.74, 6) is 1.07. The lowest BCUT2D eigenvalue weighted by Crippen LogP contribution is -2.32. The molecule has 1 aromatic carbocycles. The second-order valence-electron chi connectivity index (χ2n) is 5.00. The molecule has 0 bridgehead atoms. The van der Waals surface area contributed by atoms with Crippen LogP contribution in [-0.4, -0.2) is 30.6 Å². The lowest BCUT2D eigenvalue weighted by Gasteiger charge is -2.32. The maximum Gasteiger partial charge on any atom is 0.283 e. The summed E-state index contributed by atoms with van der Waals surface area (Å²) in [7, 11) is 5.83. The topological polar surface area (TPSA) is 90.0 Å². The first-order valence-corrected chi connectivity index (χ1v) is 6.34. The summed E-state index contributed by atoms with van der Waals surface area (Å²) in [5, 5.41) is 9.78. The first-order chi connectivity index (χ1) is 10.1. The van der Waals surface area contributed by atoms with Crippen LogP contribution in [0.3, 0.4) is 0 Å². The zero-order valence-corrected chi connectivity index (χ0v) is 10.9. The van der Waals surface area contributed by atoms with Gasteiger partial charge in [0.2, 0.25) is 5.88 Å². The number of phenolic OH excluding ortho intramolecular Hbond substituents is 1. The molecule has 3 heterocycles. The Morgan fingerprint density at radius 3 is 2.90 bits per heavy atom. The molecule has 0 unspecified atom stereocenters. The van der Waals surface area contributed by atoms with E-state index in [9.17, 15) is 5.11 Å². The van der Waals surface area contributed by atoms with Crippen LogP contribution in [0.1, 0.15) is 11.1 Å². The molecular formula is C14H10BN3O3. The molecule has 4 rings (SSSR count). The summed E-state index contributed by atoms with van der Waals surface area (Å²) in [6.07, 6.45) is 1.51. The average Bonchev–Trinajstić information content (AvgIpc) is 2.84. The number of benzene rings is 1. The minimum atomic E-state index is -0.895. The summed E-state index contributed by atoms with van der Waals surface area (Å²) >= 11 is 0. The molecular weight excluding hydrogens is 269 g/mol. The van der Waals surface area contributed by atoms with Gasteiger partial charge in [0.05, 0.1) is 0 Å². The number of nitrogens with zero attached hydrogens (tertiary/aromatic N) is 2. The Bertz CT molecular complexity index is 740. The predicted molar refractivity (Wildman–Crippen MR) is 76.2 cm³/mol. The molecule has 3 N–H and O–H groups in total. The van der Waals surface area contributed by atoms with Gasteiger partial charge in [-0.2, -0.15) is 0 Å². The Balaban J connectivity index is 2.05. The Kier molecular flexibility index (Phi) is 2.25. The molecule has 2 aliphatic rings. The van der Waals surface area contributed by atoms with E-state index in [1.54, 1.807) is 18.2 Å². The lowest BCUT2D eigenvalue weighted by molar-refractivity contribution is 0.262. The van der Waals surface area contributed by atoms with Crippen LogP contribution in [0.4, 0.5) is 0 Å². The van der Waals surface area contributed by atoms with Gasteiger partial charge in [-0.1, -0.05) is 11.5 Å². The molecule has 2 aliphatic heterocycles. The molecule has 2 radical (unpaired) electrons. The van der Waals surface area contributed by atoms with E-state index in [-0.39, 0.29) is 18.4 Å². The van der Waals surface area contributed by atoms with Gasteiger partial charge in [-0.3, -0.25) is 0 Å². The van der Waals surface area contributed by atoms with Crippen molar-refractivity contribution in [2.45, 2.75) is 5.54 Å². The highest BCUT2D eigenvalue weighted by Gasteiger charge is 2.47. The number of aromatic hydroxyl groups is 1. The standard InChI is InChI=1S/C14H10BN3O3/c15-7-3-10-12(17-5-7)21-11-2-1-8(19)4-9(11)14(10)6-20-13(16)18-14/h1-5,19H,6H2,(H2,16,18)/t14-/m0/s1. The van der Waals surface area contributed by atoms with Crippen LogP contribution in [0, 0.1) is 0 Å². The molecule has 1 aromatic heterocycles. The van der Waals surface area contributed by atoms with Crippen LogP contribution in [0.5, 0.6) is 17.4 Å². The van der Waals surface area contributed by atoms with Crippen molar-refractivity contribution >= 4 is 19.3 Å². The summed E-state index contributed by atoms with van der Waals surface area (Å²) in [5.41, 5.74) is 6.63. The van der Waals surface area contributed by atoms with Gasteiger partial charge in [-0.15, -0.1) is 0 Å². The van der Waals surface area contributed by atoms with Crippen LogP contribution in [0.25, 0.3) is 0 Å². The molecule has 21 heavy (non-hydrogen) atoms. The van der Waals surface area contributed by atoms with Gasteiger partial charge in [0.25, 0.3) is 6.02 Å². The van der Waals surface area contributed by atoms with E-state index in [0.29, 0.717) is 28.2 Å². The third kappa shape index (κ3) is 1.60. The third-order valence-electron chi connectivity index (χ3n) is 3.66. The monoisotopic (exact) mass is 279 g/mol. The summed E-state index contributed by atoms with van der Waals surface area (Å²) in [6.45, 7) is 0.205. The van der Waals surface area contributed by atoms with Crippen molar-refractivity contribution < 1.29 is 14.6 Å². The number of aromatic nitrogens is 1. The van der Waals surface area contributed by atoms with Crippen LogP contribution in [0.15, 0.2) is 35.5 Å². The Labute approximate surface area is 121 Å². The molecule has 7 heteroatoms. The highest BCUT2D eigenvalue weighted by atomic mass is 16.5. The van der Waals surface area contributed by atoms with Gasteiger partial charge in [0, 0.05) is 17.3 Å². The van der Waals surface area contributed by atoms with Gasteiger partial charge in [-0.05, 0) is 18.2 Å². The van der Waals surface area contributed by atoms with Crippen molar-refractivity contribution in [1.82, 2.24) is 4.98 Å². The van der Waals surface area contributed by atoms with Crippen LogP contribution in [-0.2, 0) is 10.3 Å². The highest BCUT2D eigenvalue weighted by Crippen LogP contribution is 2.50. The van der Waals surface area contributed by atoms with E-state index in [2.05, 4.69) is 9.98 Å². The molecule has 6 nitrogen and oxygen atoms in total. The van der Waals surface area contributed by atoms with E-state index in [1.807, 2.05) is 0 Å². The van der Waals surface area contributed by atoms with E-state index in [4.69, 9.17) is 23.1 Å². The SMILES string of the molecule is [B]c1cnc2c(c1)[C@]1(COC(N)=N1)c1cc(O)ccc1O2. The molecule has 1 atom stereocenters. The van der Waals surface area contributed by atoms with Crippen molar-refractivity contribution in [3.8, 4) is 17.4 Å². The van der Waals surface area contributed by atoms with E-state index < -0.39 is 5.54 Å². The number of ether oxygens (including phenoxy) is 2. The lowest BCUT2D eigenvalue weighted by atomic mass is 9.80. The number of hydrogen-bond acceptors (Lipinski definition) is 6. The van der Waals surface area contributed by atoms with Crippen LogP contribution in [0.2, 0.25) is 0 Å². The van der Waals surface area contributed by atoms with Gasteiger partial charge in [0.1, 0.15) is 26.0 Å². The summed E-state index contributed by atoms with van der Waals surface area (Å²) < 4.78 is 11.1. The van der Waals surface area contributed by atoms with E-state index in [1.165, 1.54) is 12.3 Å². The molecule has 0 amide bonds. The fourth-order valence-corrected chi connectivity index (χ4v) is 2.73. The normalized spacial score (nSPS) is 22.0. The molecule has 0 saturated heterocycles. The van der Waals surface area contributed by atoms with Crippen LogP contribution >= 0.6 is 0 Å². The smallest absolute Gasteiger partial charge is 0.283 e. The first kappa shape index (κ1) is 12.1. The van der Waals surface area contributed by atoms with Crippen molar-refractivity contribution in [1.29, 1.82) is 0 Å². The number of phenols is 1. The van der Waals surface area contributed by atoms with Crippen molar-refractivity contribution in [2.24, 2.45) is 10.7 Å². The number of hydrogen-bond donors (Lipinski definition) is 2. The molecule has 1 spiro atoms. The summed E-state index contributed by atoms with van der Waals surface area (Å²) in [6, 6.07) is 6.61. The minimum absolute atomic E-state index is 0.0829. The largest absolute Gasteiger partial charge is 0.508 e. The fraction of sp³-hybridized carbons (Fsp3) is 0.143. The number of pyridine rings is 1. The predicted octanol–water partition coefficient (Wildman–Crippen LogP) is 0.275. The van der Waals surface area contributed by atoms with Gasteiger partial charge in [0.15, 0.2) is 5.54 Å². The zero-order valence-electron chi connectivity index (χ0n) is 10.9. The van der Waals surface area contributed by atoms with Crippen molar-refractivity contribution in [3.63, 3.8) is 0 Å². The molecule has 2 aromatic rings. The van der Waals surface area contributed by atoms with Crippen LogP contribution < -0.4 is 15.9 Å². The number of nitrogens with two attached hydrogens (primary N) is 1. The summed E-state index contributed by atoms with van der Waals surface area (Å²) in [4.78, 5) is 8.64. The highest BCUT2D eigenvalue weighted by molar-refractivity contribution is 6.32. The average molecular weight is 279 g/mol. The van der Waals surface area contributed by atoms with E-state index >= 15 is 0 Å². The second-order valence-corrected chi connectivity index (χ2v) is 5.00.